The zero-order valence-electron chi connectivity index (χ0n) is 12.9. The van der Waals surface area contributed by atoms with E-state index in [4.69, 9.17) is 4.74 Å². The number of rotatable bonds is 5. The molecule has 1 aromatic carbocycles. The Balaban J connectivity index is 0.00000264. The first-order valence-electron chi connectivity index (χ1n) is 6.89. The first kappa shape index (κ1) is 19.6. The molecule has 0 atom stereocenters. The van der Waals surface area contributed by atoms with E-state index in [9.17, 15) is 18.5 Å². The predicted molar refractivity (Wildman–Crippen MR) is 87.7 cm³/mol. The molecule has 1 aliphatic rings. The van der Waals surface area contributed by atoms with Gasteiger partial charge in [0.1, 0.15) is 0 Å². The van der Waals surface area contributed by atoms with Gasteiger partial charge >= 0.3 is 5.69 Å². The van der Waals surface area contributed by atoms with Gasteiger partial charge in [0, 0.05) is 19.2 Å². The monoisotopic (exact) mass is 365 g/mol. The number of nitrogens with one attached hydrogen (secondary N) is 1. The molecule has 1 heterocycles. The summed E-state index contributed by atoms with van der Waals surface area (Å²) in [6.07, 6.45) is 1.43. The van der Waals surface area contributed by atoms with Crippen LogP contribution in [0.2, 0.25) is 0 Å². The second kappa shape index (κ2) is 7.91. The predicted octanol–water partition coefficient (Wildman–Crippen LogP) is 1.40. The highest BCUT2D eigenvalue weighted by Crippen LogP contribution is 2.31. The minimum atomic E-state index is -3.77. The number of ether oxygens (including phenoxy) is 1. The first-order chi connectivity index (χ1) is 10.4. The summed E-state index contributed by atoms with van der Waals surface area (Å²) < 4.78 is 31.5. The largest absolute Gasteiger partial charge is 0.490 e. The molecule has 1 N–H and O–H groups in total. The number of methoxy groups -OCH3 is 1. The Morgan fingerprint density at radius 3 is 2.48 bits per heavy atom. The highest BCUT2D eigenvalue weighted by molar-refractivity contribution is 7.89. The molecule has 1 aliphatic heterocycles. The van der Waals surface area contributed by atoms with E-state index in [-0.39, 0.29) is 34.8 Å². The number of nitrogens with zero attached hydrogens (tertiary/aromatic N) is 2. The Morgan fingerprint density at radius 1 is 1.35 bits per heavy atom. The smallest absolute Gasteiger partial charge is 0.312 e. The lowest BCUT2D eigenvalue weighted by atomic mass is 10.1. The first-order valence-corrected chi connectivity index (χ1v) is 8.33. The van der Waals surface area contributed by atoms with E-state index in [1.54, 1.807) is 0 Å². The van der Waals surface area contributed by atoms with Gasteiger partial charge < -0.3 is 10.1 Å². The van der Waals surface area contributed by atoms with E-state index in [1.165, 1.54) is 30.6 Å². The van der Waals surface area contributed by atoms with Crippen LogP contribution in [0.25, 0.3) is 0 Å². The maximum atomic E-state index is 12.6. The van der Waals surface area contributed by atoms with Crippen molar-refractivity contribution in [3.63, 3.8) is 0 Å². The van der Waals surface area contributed by atoms with E-state index in [0.29, 0.717) is 12.8 Å². The highest BCUT2D eigenvalue weighted by Gasteiger charge is 2.30. The second-order valence-corrected chi connectivity index (χ2v) is 7.09. The van der Waals surface area contributed by atoms with Gasteiger partial charge in [-0.1, -0.05) is 0 Å². The van der Waals surface area contributed by atoms with Crippen LogP contribution >= 0.6 is 12.4 Å². The third-order valence-corrected chi connectivity index (χ3v) is 5.75. The number of hydrogen-bond donors (Lipinski definition) is 1. The lowest BCUT2D eigenvalue weighted by Crippen LogP contribution is -2.43. The molecule has 0 amide bonds. The van der Waals surface area contributed by atoms with Crippen LogP contribution in [0.1, 0.15) is 12.8 Å². The third kappa shape index (κ3) is 4.11. The van der Waals surface area contributed by atoms with Crippen LogP contribution < -0.4 is 10.1 Å². The van der Waals surface area contributed by atoms with Crippen molar-refractivity contribution in [1.82, 2.24) is 9.62 Å². The lowest BCUT2D eigenvalue weighted by molar-refractivity contribution is -0.386. The summed E-state index contributed by atoms with van der Waals surface area (Å²) in [6, 6.07) is 3.58. The van der Waals surface area contributed by atoms with Crippen molar-refractivity contribution in [2.24, 2.45) is 0 Å². The summed E-state index contributed by atoms with van der Waals surface area (Å²) in [5.74, 6) is 0.0356. The maximum Gasteiger partial charge on any atom is 0.312 e. The van der Waals surface area contributed by atoms with Gasteiger partial charge in [-0.15, -0.1) is 12.4 Å². The number of nitro groups is 1. The average molecular weight is 366 g/mol. The van der Waals surface area contributed by atoms with Crippen molar-refractivity contribution in [2.75, 3.05) is 27.2 Å². The van der Waals surface area contributed by atoms with Crippen molar-refractivity contribution in [3.8, 4) is 5.75 Å². The molecule has 0 aromatic heterocycles. The molecule has 2 rings (SSSR count). The van der Waals surface area contributed by atoms with Crippen LogP contribution in [-0.4, -0.2) is 50.9 Å². The van der Waals surface area contributed by atoms with Gasteiger partial charge in [0.2, 0.25) is 10.0 Å². The van der Waals surface area contributed by atoms with Crippen LogP contribution in [0.5, 0.6) is 5.75 Å². The molecule has 1 fully saturated rings. The van der Waals surface area contributed by atoms with Crippen molar-refractivity contribution >= 4 is 28.1 Å². The molecule has 0 aliphatic carbocycles. The summed E-state index contributed by atoms with van der Waals surface area (Å²) in [4.78, 5) is 10.3. The van der Waals surface area contributed by atoms with Gasteiger partial charge in [-0.05, 0) is 38.1 Å². The van der Waals surface area contributed by atoms with Crippen LogP contribution in [0.15, 0.2) is 23.1 Å². The molecule has 1 aromatic rings. The fourth-order valence-corrected chi connectivity index (χ4v) is 3.94. The van der Waals surface area contributed by atoms with Gasteiger partial charge in [0.25, 0.3) is 0 Å². The van der Waals surface area contributed by atoms with Crippen molar-refractivity contribution in [3.05, 3.63) is 28.3 Å². The molecule has 0 bridgehead atoms. The number of benzene rings is 1. The number of nitro benzene ring substituents is 1. The Morgan fingerprint density at radius 2 is 1.96 bits per heavy atom. The van der Waals surface area contributed by atoms with Gasteiger partial charge in [0.05, 0.1) is 16.9 Å². The van der Waals surface area contributed by atoms with Gasteiger partial charge in [-0.25, -0.2) is 8.42 Å². The summed E-state index contributed by atoms with van der Waals surface area (Å²) in [5, 5.41) is 14.2. The molecule has 0 unspecified atom stereocenters. The van der Waals surface area contributed by atoms with Crippen LogP contribution in [0, 0.1) is 10.1 Å². The summed E-state index contributed by atoms with van der Waals surface area (Å²) in [6.45, 7) is 1.51. The molecule has 0 saturated carbocycles. The van der Waals surface area contributed by atoms with Crippen LogP contribution in [0.3, 0.4) is 0 Å². The minimum absolute atomic E-state index is 0. The van der Waals surface area contributed by atoms with E-state index < -0.39 is 14.9 Å². The summed E-state index contributed by atoms with van der Waals surface area (Å²) in [5.41, 5.74) is -0.359. The zero-order chi connectivity index (χ0) is 16.3. The molecule has 23 heavy (non-hydrogen) atoms. The topological polar surface area (TPSA) is 102 Å². The molecule has 0 spiro atoms. The fourth-order valence-electron chi connectivity index (χ4n) is 2.51. The Labute approximate surface area is 141 Å². The maximum absolute atomic E-state index is 12.6. The van der Waals surface area contributed by atoms with E-state index >= 15 is 0 Å². The molecule has 130 valence electrons. The van der Waals surface area contributed by atoms with Crippen LogP contribution in [0.4, 0.5) is 5.69 Å². The SMILES string of the molecule is COc1ccc(S(=O)(=O)N(C)C2CCNCC2)cc1[N+](=O)[O-].Cl. The Bertz CT molecular complexity index is 662. The van der Waals surface area contributed by atoms with Gasteiger partial charge in [-0.3, -0.25) is 10.1 Å². The standard InChI is InChI=1S/C13H19N3O5S.ClH/c1-15(10-5-7-14-8-6-10)22(19,20)11-3-4-13(21-2)12(9-11)16(17)18;/h3-4,9-10,14H,5-8H2,1-2H3;1H. The quantitative estimate of drug-likeness (QED) is 0.625. The van der Waals surface area contributed by atoms with Crippen molar-refractivity contribution < 1.29 is 18.1 Å². The third-order valence-electron chi connectivity index (χ3n) is 3.85. The van der Waals surface area contributed by atoms with Crippen LogP contribution in [-0.2, 0) is 10.0 Å². The second-order valence-electron chi connectivity index (χ2n) is 5.09. The van der Waals surface area contributed by atoms with E-state index in [2.05, 4.69) is 5.32 Å². The Kier molecular flexibility index (Phi) is 6.75. The number of halogens is 1. The number of piperidine rings is 1. The van der Waals surface area contributed by atoms with Crippen molar-refractivity contribution in [1.29, 1.82) is 0 Å². The number of hydrogen-bond acceptors (Lipinski definition) is 6. The molecule has 1 saturated heterocycles. The van der Waals surface area contributed by atoms with Gasteiger partial charge in [0.15, 0.2) is 5.75 Å². The fraction of sp³-hybridized carbons (Fsp3) is 0.538. The number of sulfonamides is 1. The normalized spacial score (nSPS) is 16.0. The summed E-state index contributed by atoms with van der Waals surface area (Å²) >= 11 is 0. The summed E-state index contributed by atoms with van der Waals surface area (Å²) in [7, 11) is -0.956. The lowest BCUT2D eigenvalue weighted by Gasteiger charge is -2.30. The molecular weight excluding hydrogens is 346 g/mol. The zero-order valence-corrected chi connectivity index (χ0v) is 14.5. The van der Waals surface area contributed by atoms with E-state index in [0.717, 1.165) is 19.2 Å². The Hall–Kier alpha value is -1.42. The van der Waals surface area contributed by atoms with Gasteiger partial charge in [-0.2, -0.15) is 4.31 Å². The minimum Gasteiger partial charge on any atom is -0.490 e. The van der Waals surface area contributed by atoms with Crippen molar-refractivity contribution in [2.45, 2.75) is 23.8 Å². The highest BCUT2D eigenvalue weighted by atomic mass is 35.5. The molecule has 10 heteroatoms. The average Bonchev–Trinajstić information content (AvgIpc) is 2.54. The van der Waals surface area contributed by atoms with E-state index in [1.807, 2.05) is 0 Å². The molecule has 8 nitrogen and oxygen atoms in total. The molecule has 0 radical (unpaired) electrons. The molecular formula is C13H20ClN3O5S.